The minimum absolute atomic E-state index is 0.0636. The first-order valence-corrected chi connectivity index (χ1v) is 7.84. The highest BCUT2D eigenvalue weighted by Crippen LogP contribution is 2.33. The van der Waals surface area contributed by atoms with Gasteiger partial charge in [0.1, 0.15) is 11.6 Å². The standard InChI is InChI=1S/C15H16FN3O2S/c1-9-8-17-4-5-19(9)15-18-14(21)13(22-15)7-10-6-11(16)2-3-12(10)20/h2-3,6-7,9,17,20H,4-5,8H2,1H3/t9-/m1/s1. The van der Waals surface area contributed by atoms with Gasteiger partial charge in [-0.2, -0.15) is 4.99 Å². The second-order valence-corrected chi connectivity index (χ2v) is 6.27. The number of hydrogen-bond donors (Lipinski definition) is 2. The van der Waals surface area contributed by atoms with E-state index in [9.17, 15) is 14.3 Å². The van der Waals surface area contributed by atoms with Crippen LogP contribution in [0.4, 0.5) is 4.39 Å². The van der Waals surface area contributed by atoms with Crippen molar-refractivity contribution in [3.8, 4) is 5.75 Å². The molecule has 1 saturated heterocycles. The first-order valence-electron chi connectivity index (χ1n) is 7.03. The Kier molecular flexibility index (Phi) is 4.17. The molecule has 0 saturated carbocycles. The number of carbonyl (C=O) groups is 1. The predicted molar refractivity (Wildman–Crippen MR) is 85.1 cm³/mol. The van der Waals surface area contributed by atoms with Gasteiger partial charge in [-0.15, -0.1) is 0 Å². The van der Waals surface area contributed by atoms with E-state index in [0.717, 1.165) is 19.6 Å². The van der Waals surface area contributed by atoms with Crippen molar-refractivity contribution in [2.75, 3.05) is 19.6 Å². The molecule has 1 aromatic rings. The number of benzene rings is 1. The lowest BCUT2D eigenvalue weighted by Gasteiger charge is -2.34. The molecule has 1 amide bonds. The number of phenols is 1. The van der Waals surface area contributed by atoms with Gasteiger partial charge in [0.05, 0.1) is 4.91 Å². The number of carbonyl (C=O) groups excluding carboxylic acids is 1. The van der Waals surface area contributed by atoms with Gasteiger partial charge in [0, 0.05) is 31.2 Å². The summed E-state index contributed by atoms with van der Waals surface area (Å²) in [6, 6.07) is 3.90. The molecule has 22 heavy (non-hydrogen) atoms. The molecule has 1 fully saturated rings. The summed E-state index contributed by atoms with van der Waals surface area (Å²) >= 11 is 1.26. The third kappa shape index (κ3) is 3.00. The van der Waals surface area contributed by atoms with E-state index in [1.54, 1.807) is 0 Å². The lowest BCUT2D eigenvalue weighted by Crippen LogP contribution is -2.51. The molecule has 5 nitrogen and oxygen atoms in total. The normalized spacial score (nSPS) is 24.0. The maximum Gasteiger partial charge on any atom is 0.286 e. The third-order valence-electron chi connectivity index (χ3n) is 3.63. The molecular weight excluding hydrogens is 305 g/mol. The number of nitrogens with zero attached hydrogens (tertiary/aromatic N) is 2. The van der Waals surface area contributed by atoms with E-state index in [4.69, 9.17) is 0 Å². The maximum absolute atomic E-state index is 13.3. The van der Waals surface area contributed by atoms with Gasteiger partial charge < -0.3 is 15.3 Å². The van der Waals surface area contributed by atoms with Crippen LogP contribution in [0.25, 0.3) is 6.08 Å². The van der Waals surface area contributed by atoms with Gasteiger partial charge in [0.25, 0.3) is 5.91 Å². The van der Waals surface area contributed by atoms with Gasteiger partial charge in [-0.3, -0.25) is 4.79 Å². The number of amides is 1. The molecule has 2 heterocycles. The molecule has 1 aromatic carbocycles. The molecule has 0 aliphatic carbocycles. The van der Waals surface area contributed by atoms with E-state index in [2.05, 4.69) is 22.1 Å². The molecule has 0 aromatic heterocycles. The van der Waals surface area contributed by atoms with E-state index in [0.29, 0.717) is 10.1 Å². The van der Waals surface area contributed by atoms with Crippen molar-refractivity contribution in [1.29, 1.82) is 0 Å². The summed E-state index contributed by atoms with van der Waals surface area (Å²) in [6.07, 6.45) is 1.48. The lowest BCUT2D eigenvalue weighted by molar-refractivity contribution is -0.113. The monoisotopic (exact) mass is 321 g/mol. The Balaban J connectivity index is 1.82. The molecule has 0 bridgehead atoms. The second kappa shape index (κ2) is 6.10. The van der Waals surface area contributed by atoms with Crippen molar-refractivity contribution in [2.45, 2.75) is 13.0 Å². The summed E-state index contributed by atoms with van der Waals surface area (Å²) in [7, 11) is 0. The van der Waals surface area contributed by atoms with E-state index >= 15 is 0 Å². The van der Waals surface area contributed by atoms with Crippen LogP contribution in [0.5, 0.6) is 5.75 Å². The number of rotatable bonds is 1. The number of halogens is 1. The fourth-order valence-electron chi connectivity index (χ4n) is 2.43. The van der Waals surface area contributed by atoms with Crippen LogP contribution in [0, 0.1) is 5.82 Å². The van der Waals surface area contributed by atoms with Crippen molar-refractivity contribution in [1.82, 2.24) is 10.2 Å². The Morgan fingerprint density at radius 3 is 3.14 bits per heavy atom. The molecule has 2 aliphatic heterocycles. The number of aliphatic imine (C=N–C) groups is 1. The molecule has 0 radical (unpaired) electrons. The van der Waals surface area contributed by atoms with Gasteiger partial charge in [0.2, 0.25) is 0 Å². The number of amidine groups is 1. The molecule has 3 rings (SSSR count). The van der Waals surface area contributed by atoms with Gasteiger partial charge in [-0.1, -0.05) is 0 Å². The largest absolute Gasteiger partial charge is 0.507 e. The Hall–Kier alpha value is -1.86. The summed E-state index contributed by atoms with van der Waals surface area (Å²) in [5.74, 6) is -0.877. The quantitative estimate of drug-likeness (QED) is 0.772. The number of thioether (sulfide) groups is 1. The predicted octanol–water partition coefficient (Wildman–Crippen LogP) is 1.80. The Morgan fingerprint density at radius 1 is 1.55 bits per heavy atom. The average Bonchev–Trinajstić information content (AvgIpc) is 2.84. The number of nitrogens with one attached hydrogen (secondary N) is 1. The zero-order chi connectivity index (χ0) is 15.7. The minimum atomic E-state index is -0.461. The molecule has 1 atom stereocenters. The zero-order valence-corrected chi connectivity index (χ0v) is 12.9. The van der Waals surface area contributed by atoms with Crippen LogP contribution in [-0.2, 0) is 4.79 Å². The van der Waals surface area contributed by atoms with E-state index in [1.165, 1.54) is 36.0 Å². The van der Waals surface area contributed by atoms with Crippen LogP contribution < -0.4 is 5.32 Å². The highest BCUT2D eigenvalue weighted by Gasteiger charge is 2.30. The number of hydrogen-bond acceptors (Lipinski definition) is 5. The number of piperazine rings is 1. The zero-order valence-electron chi connectivity index (χ0n) is 12.0. The molecule has 0 unspecified atom stereocenters. The summed E-state index contributed by atoms with van der Waals surface area (Å²) in [4.78, 5) is 18.6. The molecular formula is C15H16FN3O2S. The third-order valence-corrected chi connectivity index (χ3v) is 4.65. The number of phenolic OH excluding ortho intramolecular Hbond substituents is 1. The van der Waals surface area contributed by atoms with Gasteiger partial charge in [-0.25, -0.2) is 4.39 Å². The SMILES string of the molecule is C[C@@H]1CNCCN1C1=NC(=O)C(=Cc2cc(F)ccc2O)S1. The van der Waals surface area contributed by atoms with Crippen molar-refractivity contribution in [3.05, 3.63) is 34.5 Å². The maximum atomic E-state index is 13.3. The van der Waals surface area contributed by atoms with E-state index < -0.39 is 5.82 Å². The van der Waals surface area contributed by atoms with Crippen molar-refractivity contribution < 1.29 is 14.3 Å². The fourth-order valence-corrected chi connectivity index (χ4v) is 3.46. The molecule has 0 spiro atoms. The second-order valence-electron chi connectivity index (χ2n) is 5.26. The van der Waals surface area contributed by atoms with Crippen LogP contribution >= 0.6 is 11.8 Å². The minimum Gasteiger partial charge on any atom is -0.507 e. The Morgan fingerprint density at radius 2 is 2.36 bits per heavy atom. The van der Waals surface area contributed by atoms with E-state index in [1.807, 2.05) is 0 Å². The Bertz CT molecular complexity index is 675. The topological polar surface area (TPSA) is 64.9 Å². The van der Waals surface area contributed by atoms with Crippen LogP contribution in [0.3, 0.4) is 0 Å². The lowest BCUT2D eigenvalue weighted by atomic mass is 10.2. The van der Waals surface area contributed by atoms with Crippen LogP contribution in [0.2, 0.25) is 0 Å². The van der Waals surface area contributed by atoms with Crippen molar-refractivity contribution in [3.63, 3.8) is 0 Å². The van der Waals surface area contributed by atoms with Crippen molar-refractivity contribution in [2.24, 2.45) is 4.99 Å². The molecule has 7 heteroatoms. The van der Waals surface area contributed by atoms with Gasteiger partial charge >= 0.3 is 0 Å². The van der Waals surface area contributed by atoms with Gasteiger partial charge in [-0.05, 0) is 43.0 Å². The van der Waals surface area contributed by atoms with Crippen molar-refractivity contribution >= 4 is 28.9 Å². The number of aromatic hydroxyl groups is 1. The highest BCUT2D eigenvalue weighted by atomic mass is 32.2. The van der Waals surface area contributed by atoms with Crippen LogP contribution in [-0.4, -0.2) is 46.8 Å². The average molecular weight is 321 g/mol. The van der Waals surface area contributed by atoms with Crippen LogP contribution in [0.1, 0.15) is 12.5 Å². The molecule has 116 valence electrons. The fraction of sp³-hybridized carbons (Fsp3) is 0.333. The summed E-state index contributed by atoms with van der Waals surface area (Å²) in [5, 5.41) is 13.7. The highest BCUT2D eigenvalue weighted by molar-refractivity contribution is 8.18. The smallest absolute Gasteiger partial charge is 0.286 e. The van der Waals surface area contributed by atoms with Gasteiger partial charge in [0.15, 0.2) is 5.17 Å². The van der Waals surface area contributed by atoms with E-state index in [-0.39, 0.29) is 23.3 Å². The Labute approximate surface area is 131 Å². The summed E-state index contributed by atoms with van der Waals surface area (Å²) < 4.78 is 13.3. The molecule has 2 N–H and O–H groups in total. The molecule has 2 aliphatic rings. The summed E-state index contributed by atoms with van der Waals surface area (Å²) in [5.41, 5.74) is 0.278. The van der Waals surface area contributed by atoms with Crippen LogP contribution in [0.15, 0.2) is 28.1 Å². The first kappa shape index (κ1) is 15.1. The first-order chi connectivity index (χ1) is 10.5. The summed E-state index contributed by atoms with van der Waals surface area (Å²) in [6.45, 7) is 4.55.